The summed E-state index contributed by atoms with van der Waals surface area (Å²) in [5.41, 5.74) is 33.5. The average molecular weight is 1850 g/mol. The maximum atomic E-state index is 12.6. The van der Waals surface area contributed by atoms with Crippen molar-refractivity contribution in [3.05, 3.63) is 60.3 Å². The molecular formula is C81H139Li2N8O14Pt2-3. The quantitative estimate of drug-likeness (QED) is 0.0356. The van der Waals surface area contributed by atoms with Gasteiger partial charge in [0, 0.05) is 47.0 Å². The van der Waals surface area contributed by atoms with Gasteiger partial charge in [0.1, 0.15) is 12.2 Å². The standard InChI is InChI=1S/C35H58N2O6.C33H55N2O4.2C6H12N2.CO2.2Li.2H2O.2Pt/c1-23(2)8-7-9-24(3)28-12-13-29-27-11-10-25-20-26(14-16-34(25,4)30(27)15-17-35(28,29)5)43-33(42)36-18-19-37(6,21-31(38)39)22-32(40)41;1-22(2)8-7-9-23(3)27-12-13-28-26-11-10-24-20-25(39-31(38)34-18-19-35(6)21-30(36)37)14-16-32(24,4)29(26)15-17-33(27,28)5;2*7-5-3-1-2-4-6(5)8;2-1-3;;;;;;/h10,23-24,26-30H,6-9,11-22H2,1-5H3,(H,36,42)(H,38,39)(H,40,41);10,22-23,25-29H,6-9,11-21H2,1-5H3,(H,34,38)(H,36,37);2*5-8H,1-4H2;;;;2*1H2;;/q;-1;2*-2;;2*+1;;;;+2/p-2/t24-,26+,27+,28-,29+,30+,34+,35-;23-,25+,26+,27-,28+,29+,32+,33-;2*5-,6-;;;;;;;/m1111......./s1. The summed E-state index contributed by atoms with van der Waals surface area (Å²) in [6, 6.07) is -0.319. The van der Waals surface area contributed by atoms with Crippen molar-refractivity contribution in [1.82, 2.24) is 15.5 Å². The fraction of sp³-hybridized carbons (Fsp3) is 0.852. The van der Waals surface area contributed by atoms with Gasteiger partial charge in [-0.05, 0) is 189 Å². The molecule has 1 unspecified atom stereocenters. The van der Waals surface area contributed by atoms with Crippen molar-refractivity contribution in [3.63, 3.8) is 0 Å². The first-order chi connectivity index (χ1) is 47.6. The number of carboxylic acids is 3. The van der Waals surface area contributed by atoms with Gasteiger partial charge in [-0.25, -0.2) is 14.4 Å². The molecule has 0 radical (unpaired) electrons. The summed E-state index contributed by atoms with van der Waals surface area (Å²) in [6.45, 7) is 24.2. The number of quaternary nitrogens is 1. The maximum absolute atomic E-state index is 12.6. The summed E-state index contributed by atoms with van der Waals surface area (Å²) in [4.78, 5) is 75.5. The molecule has 0 aromatic rings. The number of rotatable bonds is 24. The van der Waals surface area contributed by atoms with Gasteiger partial charge in [-0.2, -0.15) is 33.8 Å². The number of carbonyl (C=O) groups excluding carboxylic acids is 6. The van der Waals surface area contributed by atoms with Crippen molar-refractivity contribution < 1.29 is 154 Å². The summed E-state index contributed by atoms with van der Waals surface area (Å²) < 4.78 is 11.1. The summed E-state index contributed by atoms with van der Waals surface area (Å²) in [6.07, 6.45) is 39.5. The Kier molecular flexibility index (Phi) is 48.2. The molecule has 0 heterocycles. The number of nitrogens with one attached hydrogen (secondary N) is 6. The van der Waals surface area contributed by atoms with Gasteiger partial charge < -0.3 is 88.3 Å². The molecule has 22 nitrogen and oxygen atoms in total. The van der Waals surface area contributed by atoms with Crippen LogP contribution in [0, 0.1) is 107 Å². The Morgan fingerprint density at radius 1 is 0.589 bits per heavy atom. The van der Waals surface area contributed by atoms with Gasteiger partial charge in [0.2, 0.25) is 0 Å². The summed E-state index contributed by atoms with van der Waals surface area (Å²) in [7, 11) is 7.38. The molecule has 10 rings (SSSR count). The molecule has 10 aliphatic carbocycles. The first-order valence-corrected chi connectivity index (χ1v) is 39.6. The van der Waals surface area contributed by atoms with E-state index in [-0.39, 0.29) is 164 Å². The molecule has 11 N–H and O–H groups in total. The number of aliphatic carboxylic acids is 3. The molecule has 2 amide bonds. The zero-order valence-electron chi connectivity index (χ0n) is 67.6. The van der Waals surface area contributed by atoms with Gasteiger partial charge in [-0.1, -0.05) is 182 Å². The molecular weight excluding hydrogens is 1710 g/mol. The number of ether oxygens (including phenoxy) is 2. The van der Waals surface area contributed by atoms with Crippen molar-refractivity contribution in [3.8, 4) is 0 Å². The van der Waals surface area contributed by atoms with Crippen molar-refractivity contribution in [2.75, 3.05) is 45.8 Å². The van der Waals surface area contributed by atoms with Crippen LogP contribution in [0.15, 0.2) is 23.3 Å². The molecule has 0 saturated heterocycles. The first kappa shape index (κ1) is 105. The Balaban J connectivity index is 0.00000161. The Hall–Kier alpha value is -1.94. The van der Waals surface area contributed by atoms with E-state index >= 15 is 0 Å². The van der Waals surface area contributed by atoms with E-state index in [4.69, 9.17) is 47.1 Å². The number of carboxylic acid groups (broad SMARTS) is 3. The number of hydrogen-bond acceptors (Lipinski definition) is 12. The first-order valence-electron chi connectivity index (χ1n) is 39.6. The fourth-order valence-electron chi connectivity index (χ4n) is 21.9. The van der Waals surface area contributed by atoms with E-state index in [1.54, 1.807) is 0 Å². The predicted octanol–water partition coefficient (Wildman–Crippen LogP) is 8.11. The van der Waals surface area contributed by atoms with Gasteiger partial charge in [0.25, 0.3) is 0 Å². The van der Waals surface area contributed by atoms with E-state index < -0.39 is 47.7 Å². The normalized spacial score (nSPS) is 33.6. The number of alkyl carbamates (subject to hydrolysis) is 2. The van der Waals surface area contributed by atoms with Gasteiger partial charge in [-0.15, -0.1) is 7.05 Å². The fourth-order valence-corrected chi connectivity index (χ4v) is 21.9. The van der Waals surface area contributed by atoms with Gasteiger partial charge in [0.15, 0.2) is 6.54 Å². The molecule has 26 heteroatoms. The topological polar surface area (TPSA) is 390 Å². The van der Waals surface area contributed by atoms with E-state index in [1.165, 1.54) is 138 Å². The second-order valence-corrected chi connectivity index (χ2v) is 35.1. The number of hydrogen-bond donors (Lipinski definition) is 3. The zero-order chi connectivity index (χ0) is 74.6. The van der Waals surface area contributed by atoms with Gasteiger partial charge >= 0.3 is 83.1 Å². The number of nitrogens with zero attached hydrogens (tertiary/aromatic N) is 2. The van der Waals surface area contributed by atoms with Gasteiger partial charge in [-0.3, -0.25) is 7.05 Å². The van der Waals surface area contributed by atoms with Gasteiger partial charge in [0.05, 0.1) is 31.6 Å². The van der Waals surface area contributed by atoms with E-state index in [2.05, 4.69) is 106 Å². The number of fused-ring (bicyclic) bond motifs is 10. The second kappa shape index (κ2) is 49.1. The smallest absolute Gasteiger partial charge is 0.676 e. The average Bonchev–Trinajstić information content (AvgIpc) is 1.70. The maximum Gasteiger partial charge on any atom is 2.00 e. The van der Waals surface area contributed by atoms with E-state index in [0.717, 1.165) is 136 Å². The Morgan fingerprint density at radius 3 is 1.30 bits per heavy atom. The number of carbonyl (C=O) groups is 5. The molecule has 21 atom stereocenters. The van der Waals surface area contributed by atoms with Crippen LogP contribution in [0.2, 0.25) is 0 Å². The Bertz CT molecular complexity index is 2720. The SMILES string of the molecule is O.O.O=C=O.[CH2-]N(CCNC(=O)O[C@H]1CC[C@@]2(C)C(=CC[C@H]3[C@@H]4CC[C@H]([C@H](C)CCCC(C)C)[C@@]4(C)CC[C@@H]32)C1)CC(=O)[O-].[CH2-][N+](CCNC(=O)O[C@H]1CC[C@@]2(C)C(=CC[C@H]3[C@@H]4CC[C@H]([C@H](C)CCCC(C)C)[C@@]4(C)CC[C@@H]32)C1)(CC(=O)[O-])CC(=O)O.[Li+].[Li+].[NH-][C@@H]1CCCC[C@H]1[NH-].[NH-][C@@H]1CCCC[C@H]1[NH-].[Pt+2].[Pt]. The summed E-state index contributed by atoms with van der Waals surface area (Å²) in [5.74, 6) is 5.96. The molecule has 0 bridgehead atoms. The van der Waals surface area contributed by atoms with Crippen LogP contribution in [0.25, 0.3) is 22.9 Å². The minimum atomic E-state index is -1.38. The molecule has 8 saturated carbocycles. The van der Waals surface area contributed by atoms with Crippen molar-refractivity contribution in [2.45, 2.75) is 298 Å². The van der Waals surface area contributed by atoms with Crippen LogP contribution < -0.4 is 58.6 Å². The van der Waals surface area contributed by atoms with E-state index in [0.29, 0.717) is 29.8 Å². The van der Waals surface area contributed by atoms with Crippen molar-refractivity contribution in [2.24, 2.45) is 92.7 Å². The second-order valence-electron chi connectivity index (χ2n) is 35.1. The summed E-state index contributed by atoms with van der Waals surface area (Å²) in [5, 5.41) is 36.3. The molecule has 10 aliphatic rings. The third-order valence-corrected chi connectivity index (χ3v) is 27.4. The van der Waals surface area contributed by atoms with Crippen LogP contribution in [-0.4, -0.2) is 144 Å². The van der Waals surface area contributed by atoms with E-state index in [9.17, 15) is 34.2 Å². The Morgan fingerprint density at radius 2 is 0.963 bits per heavy atom. The van der Waals surface area contributed by atoms with E-state index in [1.807, 2.05) is 0 Å². The molecule has 0 spiro atoms. The number of amides is 2. The van der Waals surface area contributed by atoms with Crippen molar-refractivity contribution >= 4 is 36.2 Å². The third kappa shape index (κ3) is 29.7. The van der Waals surface area contributed by atoms with Crippen LogP contribution in [-0.2, 0) is 75.6 Å². The molecule has 612 valence electrons. The zero-order valence-corrected chi connectivity index (χ0v) is 72.1. The third-order valence-electron chi connectivity index (χ3n) is 27.4. The molecule has 0 aliphatic heterocycles. The summed E-state index contributed by atoms with van der Waals surface area (Å²) >= 11 is 0. The minimum Gasteiger partial charge on any atom is -0.676 e. The van der Waals surface area contributed by atoms with Crippen LogP contribution >= 0.6 is 0 Å². The monoisotopic (exact) mass is 1850 g/mol. The largest absolute Gasteiger partial charge is 2.00 e. The van der Waals surface area contributed by atoms with Crippen LogP contribution in [0.1, 0.15) is 262 Å². The molecule has 0 aromatic heterocycles. The van der Waals surface area contributed by atoms with Crippen LogP contribution in [0.3, 0.4) is 0 Å². The number of allylic oxidation sites excluding steroid dienone is 2. The van der Waals surface area contributed by atoms with Crippen LogP contribution in [0.4, 0.5) is 9.59 Å². The molecule has 107 heavy (non-hydrogen) atoms. The molecule has 8 fully saturated rings. The van der Waals surface area contributed by atoms with Crippen LogP contribution in [0.5, 0.6) is 0 Å². The van der Waals surface area contributed by atoms with Crippen molar-refractivity contribution in [1.29, 1.82) is 0 Å². The minimum absolute atomic E-state index is 0. The predicted molar refractivity (Wildman–Crippen MR) is 399 cm³/mol. The molecule has 0 aromatic carbocycles. The Labute approximate surface area is 697 Å².